The van der Waals surface area contributed by atoms with E-state index in [9.17, 15) is 28.5 Å². The third kappa shape index (κ3) is 6.15. The lowest BCUT2D eigenvalue weighted by Gasteiger charge is -2.41. The zero-order valence-electron chi connectivity index (χ0n) is 23.9. The summed E-state index contributed by atoms with van der Waals surface area (Å²) < 4.78 is 37.4. The minimum Gasteiger partial charge on any atom is -0.325 e. The number of nitrogens with zero attached hydrogens (tertiary/aromatic N) is 6. The maximum Gasteiger partial charge on any atom is 0.474 e. The number of urea groups is 2. The Balaban J connectivity index is 1.81. The van der Waals surface area contributed by atoms with Crippen LogP contribution in [0.5, 0.6) is 0 Å². The Morgan fingerprint density at radius 3 is 1.77 bits per heavy atom. The smallest absolute Gasteiger partial charge is 0.325 e. The van der Waals surface area contributed by atoms with Gasteiger partial charge in [-0.2, -0.15) is 0 Å². The van der Waals surface area contributed by atoms with Gasteiger partial charge in [0, 0.05) is 19.6 Å². The SMILES string of the molecule is C=CCN1C(=O)N(CC=C)C2OC2N(CC2(Cn3c(=O)n(CC=C)c(=O)n(CC=C)c3=O)COP(=O)(OCC)OC2)C1=O. The number of aromatic nitrogens is 3. The highest BCUT2D eigenvalue weighted by Crippen LogP contribution is 2.55. The number of hydrogen-bond donors (Lipinski definition) is 0. The van der Waals surface area contributed by atoms with Crippen molar-refractivity contribution in [2.75, 3.05) is 39.5 Å². The van der Waals surface area contributed by atoms with E-state index in [4.69, 9.17) is 18.3 Å². The molecule has 2 atom stereocenters. The Morgan fingerprint density at radius 1 is 0.767 bits per heavy atom. The van der Waals surface area contributed by atoms with Gasteiger partial charge in [0.2, 0.25) is 0 Å². The van der Waals surface area contributed by atoms with Crippen LogP contribution in [-0.2, 0) is 42.5 Å². The molecule has 0 spiro atoms. The number of phosphoric ester groups is 1. The van der Waals surface area contributed by atoms with Gasteiger partial charge in [0.15, 0.2) is 12.5 Å². The van der Waals surface area contributed by atoms with Crippen molar-refractivity contribution < 1.29 is 32.5 Å². The standard InChI is InChI=1S/C26H35N6O10P/c1-6-11-27-19-20(42-19)31(23(35)28(12-7-2)21(27)33)15-26(17-40-43(38,39-10-5)41-18-26)16-32-24(36)29(13-8-3)22(34)30(14-9-4)25(32)37/h6-9,19-20H,1-4,10-18H2,5H3. The molecule has 4 heterocycles. The number of ether oxygens (including phenoxy) is 1. The zero-order chi connectivity index (χ0) is 31.5. The van der Waals surface area contributed by atoms with E-state index in [1.165, 1.54) is 34.1 Å². The van der Waals surface area contributed by atoms with Crippen molar-refractivity contribution in [3.8, 4) is 0 Å². The molecule has 4 amide bonds. The molecule has 3 aliphatic heterocycles. The fraction of sp³-hybridized carbons (Fsp3) is 0.500. The van der Waals surface area contributed by atoms with Gasteiger partial charge in [0.1, 0.15) is 0 Å². The molecule has 43 heavy (non-hydrogen) atoms. The number of carbonyl (C=O) groups excluding carboxylic acids is 2. The molecule has 3 saturated heterocycles. The lowest BCUT2D eigenvalue weighted by Crippen LogP contribution is -2.59. The lowest BCUT2D eigenvalue weighted by atomic mass is 9.89. The minimum absolute atomic E-state index is 0.0163. The molecule has 1 aromatic heterocycles. The van der Waals surface area contributed by atoms with E-state index in [2.05, 4.69) is 26.3 Å². The van der Waals surface area contributed by atoms with Gasteiger partial charge in [-0.3, -0.25) is 23.4 Å². The maximum absolute atomic E-state index is 13.8. The summed E-state index contributed by atoms with van der Waals surface area (Å²) in [6.07, 6.45) is 3.88. The molecular formula is C26H35N6O10P. The van der Waals surface area contributed by atoms with Gasteiger partial charge in [-0.05, 0) is 6.92 Å². The van der Waals surface area contributed by atoms with Crippen LogP contribution in [0.15, 0.2) is 65.0 Å². The quantitative estimate of drug-likeness (QED) is 0.165. The van der Waals surface area contributed by atoms with E-state index in [-0.39, 0.29) is 52.5 Å². The van der Waals surface area contributed by atoms with Crippen molar-refractivity contribution in [1.29, 1.82) is 0 Å². The van der Waals surface area contributed by atoms with Gasteiger partial charge >= 0.3 is 37.0 Å². The van der Waals surface area contributed by atoms with Crippen LogP contribution in [0.25, 0.3) is 0 Å². The van der Waals surface area contributed by atoms with E-state index in [1.807, 2.05) is 0 Å². The number of fused-ring (bicyclic) bond motifs is 1. The first kappa shape index (κ1) is 32.1. The fourth-order valence-electron chi connectivity index (χ4n) is 4.99. The molecule has 0 saturated carbocycles. The van der Waals surface area contributed by atoms with Crippen LogP contribution in [-0.4, -0.2) is 92.4 Å². The third-order valence-corrected chi connectivity index (χ3v) is 8.47. The number of allylic oxidation sites excluding steroid dienone is 2. The average molecular weight is 623 g/mol. The molecule has 0 bridgehead atoms. The summed E-state index contributed by atoms with van der Waals surface area (Å²) in [5.41, 5.74) is -4.12. The van der Waals surface area contributed by atoms with Gasteiger partial charge in [0.05, 0.1) is 44.9 Å². The second-order valence-corrected chi connectivity index (χ2v) is 11.8. The van der Waals surface area contributed by atoms with E-state index in [0.717, 1.165) is 18.6 Å². The molecule has 0 aliphatic carbocycles. The van der Waals surface area contributed by atoms with Crippen LogP contribution >= 0.6 is 7.82 Å². The van der Waals surface area contributed by atoms with Gasteiger partial charge in [-0.15, -0.1) is 26.3 Å². The Bertz CT molecular complexity index is 1490. The predicted octanol–water partition coefficient (Wildman–Crippen LogP) is 0.936. The van der Waals surface area contributed by atoms with Crippen LogP contribution in [0.1, 0.15) is 6.92 Å². The van der Waals surface area contributed by atoms with Gasteiger partial charge in [0.25, 0.3) is 0 Å². The van der Waals surface area contributed by atoms with Crippen molar-refractivity contribution >= 4 is 19.9 Å². The number of phosphoric acid groups is 1. The van der Waals surface area contributed by atoms with E-state index in [0.29, 0.717) is 0 Å². The summed E-state index contributed by atoms with van der Waals surface area (Å²) in [4.78, 5) is 70.5. The molecular weight excluding hydrogens is 587 g/mol. The summed E-state index contributed by atoms with van der Waals surface area (Å²) in [5.74, 6) is 0. The summed E-state index contributed by atoms with van der Waals surface area (Å²) in [6, 6.07) is -1.35. The minimum atomic E-state index is -3.99. The van der Waals surface area contributed by atoms with E-state index in [1.54, 1.807) is 6.92 Å². The van der Waals surface area contributed by atoms with Gasteiger partial charge in [-0.25, -0.2) is 47.1 Å². The topological polar surface area (TPSA) is 167 Å². The summed E-state index contributed by atoms with van der Waals surface area (Å²) in [6.45, 7) is 14.2. The third-order valence-electron chi connectivity index (χ3n) is 7.00. The highest BCUT2D eigenvalue weighted by Gasteiger charge is 2.58. The molecule has 0 N–H and O–H groups in total. The molecule has 2 unspecified atom stereocenters. The first-order valence-corrected chi connectivity index (χ1v) is 14.9. The Labute approximate surface area is 246 Å². The summed E-state index contributed by atoms with van der Waals surface area (Å²) in [7, 11) is -3.99. The normalized spacial score (nSPS) is 27.0. The van der Waals surface area contributed by atoms with Crippen LogP contribution in [0.2, 0.25) is 0 Å². The Hall–Kier alpha value is -3.82. The van der Waals surface area contributed by atoms with E-state index >= 15 is 0 Å². The highest BCUT2D eigenvalue weighted by atomic mass is 31.2. The number of amides is 4. The van der Waals surface area contributed by atoms with E-state index < -0.39 is 61.4 Å². The van der Waals surface area contributed by atoms with Crippen LogP contribution in [0.3, 0.4) is 0 Å². The second kappa shape index (κ2) is 12.8. The molecule has 3 fully saturated rings. The second-order valence-electron chi connectivity index (χ2n) is 10.1. The van der Waals surface area contributed by atoms with Crippen molar-refractivity contribution in [2.45, 2.75) is 39.0 Å². The van der Waals surface area contributed by atoms with Crippen molar-refractivity contribution in [3.05, 3.63) is 82.1 Å². The highest BCUT2D eigenvalue weighted by molar-refractivity contribution is 7.48. The zero-order valence-corrected chi connectivity index (χ0v) is 24.8. The first-order valence-electron chi connectivity index (χ1n) is 13.5. The van der Waals surface area contributed by atoms with Crippen LogP contribution in [0.4, 0.5) is 9.59 Å². The predicted molar refractivity (Wildman–Crippen MR) is 153 cm³/mol. The van der Waals surface area contributed by atoms with Gasteiger partial charge in [-0.1, -0.05) is 24.3 Å². The summed E-state index contributed by atoms with van der Waals surface area (Å²) in [5, 5.41) is 0. The van der Waals surface area contributed by atoms with Crippen molar-refractivity contribution in [1.82, 2.24) is 28.4 Å². The first-order chi connectivity index (χ1) is 20.5. The molecule has 1 aromatic rings. The molecule has 4 rings (SSSR count). The summed E-state index contributed by atoms with van der Waals surface area (Å²) >= 11 is 0. The van der Waals surface area contributed by atoms with Gasteiger partial charge < -0.3 is 4.74 Å². The molecule has 0 radical (unpaired) electrons. The number of epoxide rings is 1. The molecule has 3 aliphatic rings. The number of imide groups is 1. The number of rotatable bonds is 14. The Morgan fingerprint density at radius 2 is 1.26 bits per heavy atom. The monoisotopic (exact) mass is 622 g/mol. The Kier molecular flexibility index (Phi) is 9.57. The average Bonchev–Trinajstić information content (AvgIpc) is 3.78. The molecule has 16 nitrogen and oxygen atoms in total. The number of carbonyl (C=O) groups is 2. The maximum atomic E-state index is 13.8. The van der Waals surface area contributed by atoms with Crippen LogP contribution in [0, 0.1) is 5.41 Å². The lowest BCUT2D eigenvalue weighted by molar-refractivity contribution is -0.0435. The van der Waals surface area contributed by atoms with Crippen molar-refractivity contribution in [2.24, 2.45) is 5.41 Å². The van der Waals surface area contributed by atoms with Crippen molar-refractivity contribution in [3.63, 3.8) is 0 Å². The van der Waals surface area contributed by atoms with Crippen LogP contribution < -0.4 is 17.1 Å². The molecule has 234 valence electrons. The molecule has 17 heteroatoms. The number of hydrogen-bond acceptors (Lipinski definition) is 10. The fourth-order valence-corrected chi connectivity index (χ4v) is 6.39. The molecule has 0 aromatic carbocycles. The largest absolute Gasteiger partial charge is 0.474 e.